The van der Waals surface area contributed by atoms with Gasteiger partial charge in [0.15, 0.2) is 0 Å². The van der Waals surface area contributed by atoms with Gasteiger partial charge in [-0.1, -0.05) is 31.2 Å². The second-order valence-corrected chi connectivity index (χ2v) is 7.80. The van der Waals surface area contributed by atoms with Crippen LogP contribution in [-0.2, 0) is 18.4 Å². The molecule has 3 rings (SSSR count). The second kappa shape index (κ2) is 10.2. The van der Waals surface area contributed by atoms with Crippen molar-refractivity contribution in [3.8, 4) is 5.69 Å². The minimum atomic E-state index is -0.316. The number of hydrogen-bond donors (Lipinski definition) is 0. The van der Waals surface area contributed by atoms with Crippen molar-refractivity contribution in [2.24, 2.45) is 17.3 Å². The van der Waals surface area contributed by atoms with Crippen LogP contribution in [0.4, 0.5) is 0 Å². The SMILES string of the molecule is CC/C(=N\N=C(/C)c1cccc(SC)c1)OCc1c(C)cccc1-n1nnn(C)c1=O. The maximum Gasteiger partial charge on any atom is 0.368 e. The van der Waals surface area contributed by atoms with Crippen LogP contribution in [0.5, 0.6) is 0 Å². The fourth-order valence-corrected chi connectivity index (χ4v) is 3.39. The third kappa shape index (κ3) is 5.29. The van der Waals surface area contributed by atoms with Gasteiger partial charge in [0.25, 0.3) is 0 Å². The zero-order valence-corrected chi connectivity index (χ0v) is 19.2. The van der Waals surface area contributed by atoms with Gasteiger partial charge in [0.05, 0.1) is 11.4 Å². The van der Waals surface area contributed by atoms with E-state index in [1.54, 1.807) is 18.8 Å². The van der Waals surface area contributed by atoms with Crippen LogP contribution in [-0.4, -0.2) is 37.7 Å². The van der Waals surface area contributed by atoms with Crippen molar-refractivity contribution in [3.63, 3.8) is 0 Å². The molecule has 31 heavy (non-hydrogen) atoms. The molecule has 8 nitrogen and oxygen atoms in total. The average molecular weight is 439 g/mol. The maximum atomic E-state index is 12.3. The monoisotopic (exact) mass is 438 g/mol. The van der Waals surface area contributed by atoms with Gasteiger partial charge >= 0.3 is 5.69 Å². The van der Waals surface area contributed by atoms with Crippen molar-refractivity contribution in [1.29, 1.82) is 0 Å². The Morgan fingerprint density at radius 3 is 2.61 bits per heavy atom. The number of rotatable bonds is 7. The standard InChI is InChI=1S/C22H26N6O2S/c1-6-21(24-23-16(3)17-10-8-11-18(13-17)31-5)30-14-19-15(2)9-7-12-20(19)28-22(29)27(4)25-26-28/h7-13H,6,14H2,1-5H3/b23-16+,24-21+. The molecular formula is C22H26N6O2S. The van der Waals surface area contributed by atoms with Crippen LogP contribution >= 0.6 is 11.8 Å². The summed E-state index contributed by atoms with van der Waals surface area (Å²) in [6.07, 6.45) is 2.63. The molecule has 1 aromatic heterocycles. The largest absolute Gasteiger partial charge is 0.475 e. The van der Waals surface area contributed by atoms with Crippen molar-refractivity contribution < 1.29 is 4.74 Å². The first-order valence-corrected chi connectivity index (χ1v) is 11.1. The molecule has 0 atom stereocenters. The zero-order chi connectivity index (χ0) is 22.4. The minimum absolute atomic E-state index is 0.244. The number of aromatic nitrogens is 4. The number of aryl methyl sites for hydroxylation is 2. The van der Waals surface area contributed by atoms with Crippen LogP contribution in [0.15, 0.2) is 62.4 Å². The first-order valence-electron chi connectivity index (χ1n) is 9.90. The molecule has 0 fully saturated rings. The number of benzene rings is 2. The average Bonchev–Trinajstić information content (AvgIpc) is 3.12. The molecule has 0 aliphatic carbocycles. The molecule has 0 bridgehead atoms. The molecule has 0 N–H and O–H groups in total. The Balaban J connectivity index is 1.82. The number of ether oxygens (including phenoxy) is 1. The van der Waals surface area contributed by atoms with Crippen LogP contribution in [0.25, 0.3) is 5.69 Å². The predicted octanol–water partition coefficient (Wildman–Crippen LogP) is 3.75. The van der Waals surface area contributed by atoms with Crippen molar-refractivity contribution in [3.05, 3.63) is 69.6 Å². The Kier molecular flexibility index (Phi) is 7.41. The third-order valence-corrected chi connectivity index (χ3v) is 5.55. The predicted molar refractivity (Wildman–Crippen MR) is 124 cm³/mol. The fourth-order valence-electron chi connectivity index (χ4n) is 2.93. The van der Waals surface area contributed by atoms with Gasteiger partial charge in [-0.15, -0.1) is 16.9 Å². The van der Waals surface area contributed by atoms with Crippen molar-refractivity contribution in [2.45, 2.75) is 38.7 Å². The van der Waals surface area contributed by atoms with Crippen LogP contribution in [0.3, 0.4) is 0 Å². The van der Waals surface area contributed by atoms with E-state index in [1.165, 1.54) is 14.3 Å². The summed E-state index contributed by atoms with van der Waals surface area (Å²) in [5.74, 6) is 0.515. The van der Waals surface area contributed by atoms with Gasteiger partial charge < -0.3 is 4.74 Å². The van der Waals surface area contributed by atoms with Gasteiger partial charge in [-0.3, -0.25) is 0 Å². The number of tetrazole rings is 1. The fraction of sp³-hybridized carbons (Fsp3) is 0.318. The molecule has 0 spiro atoms. The van der Waals surface area contributed by atoms with Crippen LogP contribution in [0.2, 0.25) is 0 Å². The number of nitrogens with zero attached hydrogens (tertiary/aromatic N) is 6. The smallest absolute Gasteiger partial charge is 0.368 e. The summed E-state index contributed by atoms with van der Waals surface area (Å²) in [5, 5.41) is 16.4. The molecular weight excluding hydrogens is 412 g/mol. The van der Waals surface area contributed by atoms with E-state index in [1.807, 2.05) is 57.4 Å². The quantitative estimate of drug-likeness (QED) is 0.243. The molecule has 2 aromatic carbocycles. The summed E-state index contributed by atoms with van der Waals surface area (Å²) in [4.78, 5) is 13.5. The first kappa shape index (κ1) is 22.5. The molecule has 9 heteroatoms. The molecule has 0 amide bonds. The van der Waals surface area contributed by atoms with Crippen molar-refractivity contribution in [1.82, 2.24) is 19.8 Å². The molecule has 0 radical (unpaired) electrons. The highest BCUT2D eigenvalue weighted by atomic mass is 32.2. The molecule has 0 aliphatic rings. The summed E-state index contributed by atoms with van der Waals surface area (Å²) in [6, 6.07) is 13.8. The molecule has 3 aromatic rings. The summed E-state index contributed by atoms with van der Waals surface area (Å²) in [7, 11) is 1.56. The van der Waals surface area contributed by atoms with Crippen LogP contribution in [0, 0.1) is 6.92 Å². The Bertz CT molecular complexity index is 1180. The van der Waals surface area contributed by atoms with Crippen molar-refractivity contribution >= 4 is 23.4 Å². The highest BCUT2D eigenvalue weighted by Gasteiger charge is 2.14. The van der Waals surface area contributed by atoms with Crippen LogP contribution < -0.4 is 5.69 Å². The minimum Gasteiger partial charge on any atom is -0.475 e. The molecule has 1 heterocycles. The van der Waals surface area contributed by atoms with E-state index in [0.717, 1.165) is 22.4 Å². The third-order valence-electron chi connectivity index (χ3n) is 4.82. The van der Waals surface area contributed by atoms with E-state index in [9.17, 15) is 4.79 Å². The van der Waals surface area contributed by atoms with Gasteiger partial charge in [0.2, 0.25) is 5.90 Å². The molecule has 0 saturated carbocycles. The molecule has 0 saturated heterocycles. The van der Waals surface area contributed by atoms with Gasteiger partial charge in [-0.25, -0.2) is 4.79 Å². The van der Waals surface area contributed by atoms with Gasteiger partial charge in [-0.2, -0.15) is 14.5 Å². The van der Waals surface area contributed by atoms with Crippen molar-refractivity contribution in [2.75, 3.05) is 6.26 Å². The Morgan fingerprint density at radius 2 is 1.94 bits per heavy atom. The number of thioether (sulfide) groups is 1. The van der Waals surface area contributed by atoms with Crippen LogP contribution in [0.1, 0.15) is 37.0 Å². The van der Waals surface area contributed by atoms with E-state index < -0.39 is 0 Å². The van der Waals surface area contributed by atoms with Gasteiger partial charge in [-0.05, 0) is 59.9 Å². The zero-order valence-electron chi connectivity index (χ0n) is 18.4. The lowest BCUT2D eigenvalue weighted by Crippen LogP contribution is -2.23. The molecule has 0 unspecified atom stereocenters. The lowest BCUT2D eigenvalue weighted by molar-refractivity contribution is 0.282. The Labute approximate surface area is 185 Å². The Hall–Kier alpha value is -3.20. The van der Waals surface area contributed by atoms with E-state index >= 15 is 0 Å². The summed E-state index contributed by atoms with van der Waals surface area (Å²) < 4.78 is 8.43. The highest BCUT2D eigenvalue weighted by molar-refractivity contribution is 7.98. The Morgan fingerprint density at radius 1 is 1.16 bits per heavy atom. The first-order chi connectivity index (χ1) is 14.9. The summed E-state index contributed by atoms with van der Waals surface area (Å²) >= 11 is 1.69. The van der Waals surface area contributed by atoms with E-state index in [0.29, 0.717) is 18.0 Å². The van der Waals surface area contributed by atoms with E-state index in [-0.39, 0.29) is 12.3 Å². The van der Waals surface area contributed by atoms with Gasteiger partial charge in [0, 0.05) is 23.9 Å². The lowest BCUT2D eigenvalue weighted by atomic mass is 10.1. The normalized spacial score (nSPS) is 12.3. The maximum absolute atomic E-state index is 12.3. The summed E-state index contributed by atoms with van der Waals surface area (Å²) in [6.45, 7) is 6.10. The summed E-state index contributed by atoms with van der Waals surface area (Å²) in [5.41, 5.74) is 3.99. The highest BCUT2D eigenvalue weighted by Crippen LogP contribution is 2.19. The van der Waals surface area contributed by atoms with E-state index in [2.05, 4.69) is 32.8 Å². The number of hydrogen-bond acceptors (Lipinski definition) is 7. The topological polar surface area (TPSA) is 86.7 Å². The molecule has 0 aliphatic heterocycles. The lowest BCUT2D eigenvalue weighted by Gasteiger charge is -2.13. The molecule has 162 valence electrons. The van der Waals surface area contributed by atoms with Gasteiger partial charge in [0.1, 0.15) is 6.61 Å². The van der Waals surface area contributed by atoms with E-state index in [4.69, 9.17) is 4.74 Å². The second-order valence-electron chi connectivity index (χ2n) is 6.92.